The third-order valence-corrected chi connectivity index (χ3v) is 8.85. The van der Waals surface area contributed by atoms with E-state index < -0.39 is 4.75 Å². The van der Waals surface area contributed by atoms with E-state index in [-0.39, 0.29) is 5.91 Å². The molecule has 1 unspecified atom stereocenters. The topological polar surface area (TPSA) is 48.0 Å². The number of amides is 1. The number of fused-ring (bicyclic) bond motifs is 3. The third-order valence-electron chi connectivity index (χ3n) is 6.31. The number of methoxy groups -OCH3 is 3. The largest absolute Gasteiger partial charge is 0.493 e. The highest BCUT2D eigenvalue weighted by Crippen LogP contribution is 2.63. The molecule has 1 amide bonds. The first-order valence-corrected chi connectivity index (χ1v) is 12.5. The summed E-state index contributed by atoms with van der Waals surface area (Å²) >= 11 is 5.33. The molecule has 2 aliphatic heterocycles. The minimum absolute atomic E-state index is 0.00586. The monoisotopic (exact) mass is 537 g/mol. The quantitative estimate of drug-likeness (QED) is 0.372. The van der Waals surface area contributed by atoms with Crippen LogP contribution in [0.2, 0.25) is 0 Å². The second-order valence-corrected chi connectivity index (χ2v) is 10.1. The van der Waals surface area contributed by atoms with Gasteiger partial charge in [0, 0.05) is 22.0 Å². The average Bonchev–Trinajstić information content (AvgIpc) is 3.42. The molecule has 5 rings (SSSR count). The molecule has 1 atom stereocenters. The fraction of sp³-hybridized carbons (Fsp3) is 0.222. The van der Waals surface area contributed by atoms with Gasteiger partial charge in [0.15, 0.2) is 11.5 Å². The molecule has 0 aliphatic carbocycles. The van der Waals surface area contributed by atoms with Crippen molar-refractivity contribution in [1.82, 2.24) is 0 Å². The number of halogens is 1. The van der Waals surface area contributed by atoms with E-state index in [9.17, 15) is 4.79 Å². The summed E-state index contributed by atoms with van der Waals surface area (Å²) in [7, 11) is 4.75. The van der Waals surface area contributed by atoms with Crippen molar-refractivity contribution in [2.24, 2.45) is 0 Å². The zero-order valence-corrected chi connectivity index (χ0v) is 21.7. The molecule has 0 aromatic heterocycles. The number of carbonyl (C=O) groups is 1. The summed E-state index contributed by atoms with van der Waals surface area (Å²) in [5.74, 6) is 1.52. The van der Waals surface area contributed by atoms with Gasteiger partial charge in [-0.2, -0.15) is 0 Å². The standard InChI is InChI=1S/C27H24BrNO4S/c1-5-29-19-15-20(31-2)24(32-3)25(33-4)22(19)27(26(29)30)13-12-21(34-27)23(28)18-11-10-16-8-6-7-9-17(16)14-18/h6-15H,5H2,1-4H3/b23-21+. The molecular weight excluding hydrogens is 514 g/mol. The lowest BCUT2D eigenvalue weighted by atomic mass is 9.97. The van der Waals surface area contributed by atoms with E-state index in [1.807, 2.05) is 37.3 Å². The second kappa shape index (κ2) is 8.71. The highest BCUT2D eigenvalue weighted by Gasteiger charge is 2.55. The maximum absolute atomic E-state index is 13.8. The first kappa shape index (κ1) is 22.9. The Morgan fingerprint density at radius 3 is 2.41 bits per heavy atom. The van der Waals surface area contributed by atoms with Gasteiger partial charge >= 0.3 is 0 Å². The van der Waals surface area contributed by atoms with E-state index in [2.05, 4.69) is 46.3 Å². The Morgan fingerprint density at radius 1 is 1.00 bits per heavy atom. The Kier molecular flexibility index (Phi) is 5.86. The SMILES string of the molecule is CCN1C(=O)C2(C=C/C(=C(\Br)c3ccc4ccccc4c3)S2)c2c1cc(OC)c(OC)c2OC. The molecule has 2 aliphatic rings. The highest BCUT2D eigenvalue weighted by atomic mass is 79.9. The molecule has 0 bridgehead atoms. The lowest BCUT2D eigenvalue weighted by Gasteiger charge is -2.23. The van der Waals surface area contributed by atoms with Crippen molar-refractivity contribution in [3.8, 4) is 17.2 Å². The Hall–Kier alpha value is -2.90. The predicted molar refractivity (Wildman–Crippen MR) is 142 cm³/mol. The zero-order valence-electron chi connectivity index (χ0n) is 19.3. The molecule has 0 saturated heterocycles. The second-order valence-electron chi connectivity index (χ2n) is 8.00. The smallest absolute Gasteiger partial charge is 0.252 e. The molecule has 0 radical (unpaired) electrons. The number of ether oxygens (including phenoxy) is 3. The molecule has 7 heteroatoms. The number of benzene rings is 3. The molecule has 34 heavy (non-hydrogen) atoms. The van der Waals surface area contributed by atoms with Crippen LogP contribution in [0.25, 0.3) is 15.3 Å². The minimum Gasteiger partial charge on any atom is -0.493 e. The Bertz CT molecular complexity index is 1380. The predicted octanol–water partition coefficient (Wildman–Crippen LogP) is 6.49. The van der Waals surface area contributed by atoms with Crippen molar-refractivity contribution in [2.75, 3.05) is 32.8 Å². The van der Waals surface area contributed by atoms with Gasteiger partial charge in [-0.3, -0.25) is 4.79 Å². The van der Waals surface area contributed by atoms with Crippen LogP contribution in [0.15, 0.2) is 65.6 Å². The zero-order chi connectivity index (χ0) is 24.0. The van der Waals surface area contributed by atoms with Gasteiger partial charge < -0.3 is 19.1 Å². The van der Waals surface area contributed by atoms with E-state index in [0.717, 1.165) is 31.6 Å². The number of hydrogen-bond donors (Lipinski definition) is 0. The van der Waals surface area contributed by atoms with Crippen LogP contribution in [-0.2, 0) is 9.54 Å². The van der Waals surface area contributed by atoms with Crippen LogP contribution in [0.1, 0.15) is 18.1 Å². The molecule has 174 valence electrons. The normalized spacial score (nSPS) is 20.3. The van der Waals surface area contributed by atoms with E-state index in [1.54, 1.807) is 26.2 Å². The van der Waals surface area contributed by atoms with Gasteiger partial charge in [-0.25, -0.2) is 0 Å². The fourth-order valence-corrected chi connectivity index (χ4v) is 6.66. The van der Waals surface area contributed by atoms with Crippen LogP contribution in [0.3, 0.4) is 0 Å². The van der Waals surface area contributed by atoms with Crippen molar-refractivity contribution < 1.29 is 19.0 Å². The van der Waals surface area contributed by atoms with Gasteiger partial charge in [-0.15, -0.1) is 0 Å². The maximum Gasteiger partial charge on any atom is 0.252 e. The van der Waals surface area contributed by atoms with E-state index in [4.69, 9.17) is 14.2 Å². The Morgan fingerprint density at radius 2 is 1.74 bits per heavy atom. The first-order valence-electron chi connectivity index (χ1n) is 10.9. The van der Waals surface area contributed by atoms with Crippen molar-refractivity contribution in [3.05, 3.63) is 76.7 Å². The third kappa shape index (κ3) is 3.25. The molecular formula is C27H24BrNO4S. The summed E-state index contributed by atoms with van der Waals surface area (Å²) in [5, 5.41) is 2.35. The van der Waals surface area contributed by atoms with Gasteiger partial charge in [0.1, 0.15) is 4.75 Å². The van der Waals surface area contributed by atoms with Crippen LogP contribution in [0, 0.1) is 0 Å². The summed E-state index contributed by atoms with van der Waals surface area (Å²) in [6.07, 6.45) is 3.99. The van der Waals surface area contributed by atoms with Crippen molar-refractivity contribution in [2.45, 2.75) is 11.7 Å². The lowest BCUT2D eigenvalue weighted by Crippen LogP contribution is -2.35. The molecule has 0 N–H and O–H groups in total. The molecule has 5 nitrogen and oxygen atoms in total. The average molecular weight is 538 g/mol. The van der Waals surface area contributed by atoms with Crippen molar-refractivity contribution in [3.63, 3.8) is 0 Å². The van der Waals surface area contributed by atoms with Crippen molar-refractivity contribution >= 4 is 54.5 Å². The highest BCUT2D eigenvalue weighted by molar-refractivity contribution is 9.15. The number of anilines is 1. The fourth-order valence-electron chi connectivity index (χ4n) is 4.72. The van der Waals surface area contributed by atoms with Crippen molar-refractivity contribution in [1.29, 1.82) is 0 Å². The molecule has 3 aromatic carbocycles. The number of hydrogen-bond acceptors (Lipinski definition) is 5. The molecule has 2 heterocycles. The summed E-state index contributed by atoms with van der Waals surface area (Å²) in [6, 6.07) is 16.5. The minimum atomic E-state index is -0.943. The Labute approximate surface area is 211 Å². The van der Waals surface area contributed by atoms with Crippen LogP contribution in [-0.4, -0.2) is 33.8 Å². The van der Waals surface area contributed by atoms with E-state index in [0.29, 0.717) is 23.8 Å². The summed E-state index contributed by atoms with van der Waals surface area (Å²) < 4.78 is 17.0. The molecule has 0 saturated carbocycles. The van der Waals surface area contributed by atoms with E-state index in [1.165, 1.54) is 17.1 Å². The number of carbonyl (C=O) groups excluding carboxylic acids is 1. The van der Waals surface area contributed by atoms with Gasteiger partial charge in [-0.05, 0) is 51.3 Å². The number of thioether (sulfide) groups is 1. The number of allylic oxidation sites excluding steroid dienone is 1. The Balaban J connectivity index is 1.66. The van der Waals surface area contributed by atoms with Crippen LogP contribution >= 0.6 is 27.7 Å². The molecule has 1 spiro atoms. The van der Waals surface area contributed by atoms with Gasteiger partial charge in [0.05, 0.1) is 32.6 Å². The number of likely N-dealkylation sites (N-methyl/N-ethyl adjacent to an activating group) is 1. The molecule has 0 fully saturated rings. The summed E-state index contributed by atoms with van der Waals surface area (Å²) in [5.41, 5.74) is 2.62. The molecule has 3 aromatic rings. The van der Waals surface area contributed by atoms with Crippen LogP contribution in [0.5, 0.6) is 17.2 Å². The summed E-state index contributed by atoms with van der Waals surface area (Å²) in [6.45, 7) is 2.50. The maximum atomic E-state index is 13.8. The lowest BCUT2D eigenvalue weighted by molar-refractivity contribution is -0.119. The van der Waals surface area contributed by atoms with Gasteiger partial charge in [-0.1, -0.05) is 54.2 Å². The van der Waals surface area contributed by atoms with Gasteiger partial charge in [0.2, 0.25) is 5.75 Å². The van der Waals surface area contributed by atoms with Gasteiger partial charge in [0.25, 0.3) is 5.91 Å². The van der Waals surface area contributed by atoms with Crippen LogP contribution < -0.4 is 19.1 Å². The van der Waals surface area contributed by atoms with Crippen LogP contribution in [0.4, 0.5) is 5.69 Å². The number of rotatable bonds is 5. The summed E-state index contributed by atoms with van der Waals surface area (Å²) in [4.78, 5) is 16.6. The number of nitrogens with zero attached hydrogens (tertiary/aromatic N) is 1. The first-order chi connectivity index (χ1) is 16.5. The van der Waals surface area contributed by atoms with E-state index >= 15 is 0 Å².